The van der Waals surface area contributed by atoms with Crippen LogP contribution in [0.3, 0.4) is 0 Å². The first-order valence-corrected chi connectivity index (χ1v) is 11.1. The fraction of sp³-hybridized carbons (Fsp3) is 0.609. The molecular weight excluding hydrogens is 432 g/mol. The summed E-state index contributed by atoms with van der Waals surface area (Å²) in [6, 6.07) is 3.39. The van der Waals surface area contributed by atoms with Gasteiger partial charge in [0.15, 0.2) is 23.0 Å². The molecule has 7 atom stereocenters. The van der Waals surface area contributed by atoms with Crippen molar-refractivity contribution in [2.45, 2.75) is 49.4 Å². The maximum atomic E-state index is 14.4. The van der Waals surface area contributed by atoms with Crippen LogP contribution in [0.4, 0.5) is 5.69 Å². The summed E-state index contributed by atoms with van der Waals surface area (Å²) in [7, 11) is 4.50. The van der Waals surface area contributed by atoms with E-state index in [1.54, 1.807) is 31.0 Å². The van der Waals surface area contributed by atoms with Gasteiger partial charge in [-0.3, -0.25) is 19.3 Å². The van der Waals surface area contributed by atoms with Crippen LogP contribution in [0.25, 0.3) is 0 Å². The molecule has 7 unspecified atom stereocenters. The van der Waals surface area contributed by atoms with Crippen LogP contribution in [0.2, 0.25) is 0 Å². The number of benzene rings is 1. The number of ether oxygens (including phenoxy) is 4. The van der Waals surface area contributed by atoms with Crippen LogP contribution in [-0.4, -0.2) is 79.6 Å². The van der Waals surface area contributed by atoms with Crippen molar-refractivity contribution in [1.82, 2.24) is 4.90 Å². The van der Waals surface area contributed by atoms with Crippen molar-refractivity contribution in [1.29, 1.82) is 0 Å². The van der Waals surface area contributed by atoms with E-state index in [1.807, 2.05) is 0 Å². The summed E-state index contributed by atoms with van der Waals surface area (Å²) in [6.07, 6.45) is -2.57. The number of hydrogen-bond acceptors (Lipinski definition) is 8. The first kappa shape index (κ1) is 20.9. The smallest absolute Gasteiger partial charge is 0.299 e. The van der Waals surface area contributed by atoms with E-state index in [0.717, 1.165) is 0 Å². The zero-order valence-corrected chi connectivity index (χ0v) is 18.9. The number of fused-ring (bicyclic) bond motifs is 2. The lowest BCUT2D eigenvalue weighted by molar-refractivity contribution is -0.181. The van der Waals surface area contributed by atoms with Crippen molar-refractivity contribution in [3.8, 4) is 11.5 Å². The molecule has 4 aliphatic heterocycles. The number of aliphatic hydroxyl groups is 1. The third-order valence-corrected chi connectivity index (χ3v) is 8.32. The molecule has 1 N–H and O–H groups in total. The van der Waals surface area contributed by atoms with Gasteiger partial charge < -0.3 is 29.0 Å². The van der Waals surface area contributed by atoms with Gasteiger partial charge in [-0.15, -0.1) is 0 Å². The number of rotatable bonds is 2. The summed E-state index contributed by atoms with van der Waals surface area (Å²) in [4.78, 5) is 43.7. The van der Waals surface area contributed by atoms with Crippen LogP contribution in [0.1, 0.15) is 25.3 Å². The van der Waals surface area contributed by atoms with E-state index in [9.17, 15) is 19.5 Å². The normalized spacial score (nSPS) is 40.8. The average Bonchev–Trinajstić information content (AvgIpc) is 3.23. The van der Waals surface area contributed by atoms with Gasteiger partial charge in [0.2, 0.25) is 5.91 Å². The highest BCUT2D eigenvalue weighted by Gasteiger charge is 2.80. The molecule has 10 heteroatoms. The highest BCUT2D eigenvalue weighted by molar-refractivity contribution is 6.11. The summed E-state index contributed by atoms with van der Waals surface area (Å²) in [5.41, 5.74) is -2.73. The number of anilines is 1. The molecule has 1 aliphatic carbocycles. The minimum atomic E-state index is -2.04. The Labute approximate surface area is 190 Å². The van der Waals surface area contributed by atoms with Crippen LogP contribution in [0.5, 0.6) is 11.5 Å². The van der Waals surface area contributed by atoms with Crippen molar-refractivity contribution >= 4 is 23.3 Å². The minimum Gasteiger partial charge on any atom is -0.493 e. The molecule has 6 rings (SSSR count). The van der Waals surface area contributed by atoms with E-state index in [4.69, 9.17) is 18.9 Å². The SMILES string of the molecule is COc1ccc2c3c1OC(OC)C(=O)N3C1(O)C3OC(C)C4C(=O)C21CCN(C)C(=O)CC43. The van der Waals surface area contributed by atoms with Crippen LogP contribution < -0.4 is 14.4 Å². The van der Waals surface area contributed by atoms with Gasteiger partial charge >= 0.3 is 0 Å². The van der Waals surface area contributed by atoms with Gasteiger partial charge in [-0.05, 0) is 25.0 Å². The molecule has 0 aromatic heterocycles. The number of hydrogen-bond donors (Lipinski definition) is 1. The molecule has 2 amide bonds. The van der Waals surface area contributed by atoms with Crippen molar-refractivity contribution < 1.29 is 38.4 Å². The minimum absolute atomic E-state index is 0.0546. The van der Waals surface area contributed by atoms with Crippen LogP contribution in [0, 0.1) is 11.8 Å². The average molecular weight is 458 g/mol. The lowest BCUT2D eigenvalue weighted by Gasteiger charge is -2.52. The second-order valence-corrected chi connectivity index (χ2v) is 9.57. The number of methoxy groups -OCH3 is 2. The Balaban J connectivity index is 1.70. The Hall–Kier alpha value is -2.69. The predicted molar refractivity (Wildman–Crippen MR) is 112 cm³/mol. The molecule has 10 nitrogen and oxygen atoms in total. The van der Waals surface area contributed by atoms with Crippen molar-refractivity contribution in [2.24, 2.45) is 11.8 Å². The quantitative estimate of drug-likeness (QED) is 0.668. The van der Waals surface area contributed by atoms with Gasteiger partial charge in [-0.2, -0.15) is 0 Å². The molecule has 2 saturated heterocycles. The Morgan fingerprint density at radius 3 is 2.67 bits per heavy atom. The Kier molecular flexibility index (Phi) is 4.09. The van der Waals surface area contributed by atoms with Gasteiger partial charge in [-0.25, -0.2) is 0 Å². The number of nitrogens with zero attached hydrogens (tertiary/aromatic N) is 2. The molecule has 176 valence electrons. The lowest BCUT2D eigenvalue weighted by atomic mass is 9.55. The Bertz CT molecular complexity index is 1110. The van der Waals surface area contributed by atoms with E-state index in [-0.39, 0.29) is 36.8 Å². The monoisotopic (exact) mass is 458 g/mol. The van der Waals surface area contributed by atoms with E-state index in [0.29, 0.717) is 17.0 Å². The topological polar surface area (TPSA) is 115 Å². The third-order valence-electron chi connectivity index (χ3n) is 8.32. The number of carbonyl (C=O) groups excluding carboxylic acids is 3. The molecular formula is C23H26N2O8. The molecule has 1 spiro atoms. The molecule has 1 saturated carbocycles. The molecule has 1 aromatic carbocycles. The molecule has 3 fully saturated rings. The first-order chi connectivity index (χ1) is 15.7. The van der Waals surface area contributed by atoms with Crippen LogP contribution in [0.15, 0.2) is 12.1 Å². The summed E-state index contributed by atoms with van der Waals surface area (Å²) in [5, 5.41) is 12.6. The summed E-state index contributed by atoms with van der Waals surface area (Å²) in [6.45, 7) is 2.03. The second kappa shape index (κ2) is 6.46. The number of amides is 2. The maximum Gasteiger partial charge on any atom is 0.299 e. The largest absolute Gasteiger partial charge is 0.493 e. The molecule has 4 heterocycles. The van der Waals surface area contributed by atoms with E-state index in [1.165, 1.54) is 19.1 Å². The first-order valence-electron chi connectivity index (χ1n) is 11.1. The molecule has 33 heavy (non-hydrogen) atoms. The summed E-state index contributed by atoms with van der Waals surface area (Å²) < 4.78 is 22.8. The second-order valence-electron chi connectivity index (χ2n) is 9.57. The maximum absolute atomic E-state index is 14.4. The fourth-order valence-electron chi connectivity index (χ4n) is 6.86. The number of ketones is 1. The highest BCUT2D eigenvalue weighted by atomic mass is 16.7. The summed E-state index contributed by atoms with van der Waals surface area (Å²) in [5.74, 6) is -1.49. The lowest BCUT2D eigenvalue weighted by Crippen LogP contribution is -2.74. The fourth-order valence-corrected chi connectivity index (χ4v) is 6.86. The number of Topliss-reactive ketones (excluding diaryl/α,β-unsaturated/α-hetero) is 1. The summed E-state index contributed by atoms with van der Waals surface area (Å²) >= 11 is 0. The zero-order chi connectivity index (χ0) is 23.4. The molecule has 5 aliphatic rings. The molecule has 1 aromatic rings. The van der Waals surface area contributed by atoms with Crippen molar-refractivity contribution in [2.75, 3.05) is 32.7 Å². The van der Waals surface area contributed by atoms with Gasteiger partial charge in [0.25, 0.3) is 12.2 Å². The van der Waals surface area contributed by atoms with Crippen LogP contribution in [-0.2, 0) is 29.3 Å². The van der Waals surface area contributed by atoms with E-state index < -0.39 is 47.4 Å². The van der Waals surface area contributed by atoms with Crippen LogP contribution >= 0.6 is 0 Å². The van der Waals surface area contributed by atoms with Gasteiger partial charge in [0.05, 0.1) is 24.8 Å². The van der Waals surface area contributed by atoms with E-state index in [2.05, 4.69) is 0 Å². The van der Waals surface area contributed by atoms with Gasteiger partial charge in [0.1, 0.15) is 11.5 Å². The highest BCUT2D eigenvalue weighted by Crippen LogP contribution is 2.67. The van der Waals surface area contributed by atoms with Gasteiger partial charge in [0, 0.05) is 33.0 Å². The van der Waals surface area contributed by atoms with Crippen molar-refractivity contribution in [3.05, 3.63) is 17.7 Å². The Morgan fingerprint density at radius 1 is 1.21 bits per heavy atom. The van der Waals surface area contributed by atoms with Crippen molar-refractivity contribution in [3.63, 3.8) is 0 Å². The zero-order valence-electron chi connectivity index (χ0n) is 18.9. The third kappa shape index (κ3) is 2.13. The molecule has 0 radical (unpaired) electrons. The Morgan fingerprint density at radius 2 is 1.97 bits per heavy atom. The van der Waals surface area contributed by atoms with E-state index >= 15 is 0 Å². The standard InChI is InChI=1S/C23H26N2O8/c1-10-15-11-9-14(26)24(2)8-7-22(18(15)27)12-5-6-13(30-3)17-16(12)25(20(28)21(31-4)33-17)23(22,29)19(11)32-10/h5-6,10-11,15,19,21,29H,7-9H2,1-4H3. The van der Waals surface area contributed by atoms with Gasteiger partial charge in [-0.1, -0.05) is 6.07 Å². The predicted octanol–water partition coefficient (Wildman–Crippen LogP) is 0.188. The number of carbonyl (C=O) groups is 3. The molecule has 4 bridgehead atoms.